The van der Waals surface area contributed by atoms with Crippen LogP contribution in [0.25, 0.3) is 0 Å². The molecule has 1 aliphatic rings. The van der Waals surface area contributed by atoms with E-state index in [0.29, 0.717) is 18.4 Å². The number of aromatic nitrogens is 1. The Bertz CT molecular complexity index is 397. The Morgan fingerprint density at radius 3 is 3.11 bits per heavy atom. The molecule has 2 heterocycles. The number of rotatable bonds is 5. The minimum atomic E-state index is 0.373. The van der Waals surface area contributed by atoms with E-state index in [2.05, 4.69) is 23.3 Å². The summed E-state index contributed by atoms with van der Waals surface area (Å²) in [5, 5.41) is 14.7. The van der Waals surface area contributed by atoms with E-state index < -0.39 is 0 Å². The van der Waals surface area contributed by atoms with Gasteiger partial charge in [0.2, 0.25) is 0 Å². The minimum absolute atomic E-state index is 0.373. The first-order valence-corrected chi connectivity index (χ1v) is 6.67. The lowest BCUT2D eigenvalue weighted by molar-refractivity contribution is -0.126. The Kier molecular flexibility index (Phi) is 5.30. The molecule has 1 aliphatic heterocycles. The normalized spacial score (nSPS) is 22.5. The summed E-state index contributed by atoms with van der Waals surface area (Å²) >= 11 is 0. The van der Waals surface area contributed by atoms with Crippen molar-refractivity contribution in [2.75, 3.05) is 19.7 Å². The molecule has 19 heavy (non-hydrogen) atoms. The predicted molar refractivity (Wildman–Crippen MR) is 72.0 cm³/mol. The van der Waals surface area contributed by atoms with Crippen LogP contribution in [-0.4, -0.2) is 41.2 Å². The van der Waals surface area contributed by atoms with Gasteiger partial charge in [0, 0.05) is 31.0 Å². The summed E-state index contributed by atoms with van der Waals surface area (Å²) in [6.45, 7) is 4.18. The lowest BCUT2D eigenvalue weighted by Crippen LogP contribution is -2.36. The molecule has 1 saturated heterocycles. The molecular weight excluding hydrogens is 242 g/mol. The van der Waals surface area contributed by atoms with Crippen LogP contribution in [0.5, 0.6) is 0 Å². The Balaban J connectivity index is 1.71. The Morgan fingerprint density at radius 2 is 2.37 bits per heavy atom. The Labute approximate surface area is 113 Å². The van der Waals surface area contributed by atoms with Crippen molar-refractivity contribution in [3.05, 3.63) is 30.1 Å². The van der Waals surface area contributed by atoms with E-state index in [1.807, 2.05) is 12.1 Å². The highest BCUT2D eigenvalue weighted by Gasteiger charge is 2.24. The zero-order chi connectivity index (χ0) is 13.5. The predicted octanol–water partition coefficient (Wildman–Crippen LogP) is 2.05. The molecule has 2 unspecified atom stereocenters. The van der Waals surface area contributed by atoms with Gasteiger partial charge in [-0.3, -0.25) is 4.98 Å². The number of nitrogens with zero attached hydrogens (tertiary/aromatic N) is 3. The standard InChI is InChI=1S/C14H20N3O2/c1-12(14-3-2-8-17(18)10-14)11-19-16-9-13-4-6-15-7-5-13/h4-7,12,14,18H,2-3,8,10-11H2,1H3. The van der Waals surface area contributed by atoms with Gasteiger partial charge < -0.3 is 10.0 Å². The fourth-order valence-corrected chi connectivity index (χ4v) is 2.26. The maximum Gasteiger partial charge on any atom is 0.139 e. The average Bonchev–Trinajstić information content (AvgIpc) is 2.44. The van der Waals surface area contributed by atoms with Crippen molar-refractivity contribution < 1.29 is 10.0 Å². The molecular formula is C14H20N3O2. The maximum absolute atomic E-state index is 9.50. The topological polar surface area (TPSA) is 58.0 Å². The van der Waals surface area contributed by atoms with Crippen molar-refractivity contribution in [2.45, 2.75) is 19.8 Å². The minimum Gasteiger partial charge on any atom is -0.395 e. The molecule has 0 spiro atoms. The molecule has 1 aromatic rings. The number of pyridine rings is 1. The highest BCUT2D eigenvalue weighted by Crippen LogP contribution is 2.23. The van der Waals surface area contributed by atoms with Crippen molar-refractivity contribution >= 4 is 6.21 Å². The van der Waals surface area contributed by atoms with Crippen LogP contribution >= 0.6 is 0 Å². The summed E-state index contributed by atoms with van der Waals surface area (Å²) in [6.07, 6.45) is 8.38. The van der Waals surface area contributed by atoms with Gasteiger partial charge in [0.15, 0.2) is 0 Å². The third-order valence-corrected chi connectivity index (χ3v) is 3.50. The zero-order valence-corrected chi connectivity index (χ0v) is 11.2. The molecule has 1 fully saturated rings. The quantitative estimate of drug-likeness (QED) is 0.651. The van der Waals surface area contributed by atoms with Crippen LogP contribution in [0.15, 0.2) is 29.7 Å². The summed E-state index contributed by atoms with van der Waals surface area (Å²) in [5.74, 6) is 0.841. The monoisotopic (exact) mass is 262 g/mol. The van der Waals surface area contributed by atoms with Gasteiger partial charge in [0.1, 0.15) is 12.8 Å². The van der Waals surface area contributed by atoms with E-state index >= 15 is 0 Å². The third-order valence-electron chi connectivity index (χ3n) is 3.50. The van der Waals surface area contributed by atoms with Gasteiger partial charge in [-0.1, -0.05) is 12.1 Å². The largest absolute Gasteiger partial charge is 0.395 e. The zero-order valence-electron chi connectivity index (χ0n) is 11.2. The third kappa shape index (κ3) is 4.61. The van der Waals surface area contributed by atoms with Crippen LogP contribution in [-0.2, 0) is 4.84 Å². The molecule has 1 radical (unpaired) electrons. The lowest BCUT2D eigenvalue weighted by Gasteiger charge is -2.31. The lowest BCUT2D eigenvalue weighted by atomic mass is 9.88. The van der Waals surface area contributed by atoms with Crippen LogP contribution in [0, 0.1) is 11.8 Å². The fraction of sp³-hybridized carbons (Fsp3) is 0.571. The van der Waals surface area contributed by atoms with Gasteiger partial charge in [-0.2, -0.15) is 5.06 Å². The maximum atomic E-state index is 9.50. The van der Waals surface area contributed by atoms with Gasteiger partial charge in [0.05, 0.1) is 0 Å². The van der Waals surface area contributed by atoms with Crippen LogP contribution in [0.1, 0.15) is 25.3 Å². The summed E-state index contributed by atoms with van der Waals surface area (Å²) in [4.78, 5) is 9.20. The van der Waals surface area contributed by atoms with E-state index in [4.69, 9.17) is 4.84 Å². The van der Waals surface area contributed by atoms with Crippen LogP contribution < -0.4 is 0 Å². The molecule has 2 atom stereocenters. The first-order chi connectivity index (χ1) is 9.25. The molecule has 1 N–H and O–H groups in total. The van der Waals surface area contributed by atoms with E-state index in [0.717, 1.165) is 31.5 Å². The first kappa shape index (κ1) is 14.0. The second kappa shape index (κ2) is 7.21. The average molecular weight is 262 g/mol. The Hall–Kier alpha value is -1.46. The van der Waals surface area contributed by atoms with Gasteiger partial charge >= 0.3 is 0 Å². The number of hydroxylamine groups is 2. The fourth-order valence-electron chi connectivity index (χ4n) is 2.26. The van der Waals surface area contributed by atoms with Crippen LogP contribution in [0.3, 0.4) is 0 Å². The SMILES string of the molecule is CC(CO/N=[C]/c1ccncc1)C1CCCN(O)C1. The summed E-state index contributed by atoms with van der Waals surface area (Å²) in [5.41, 5.74) is 0.849. The van der Waals surface area contributed by atoms with Crippen molar-refractivity contribution in [2.24, 2.45) is 17.0 Å². The van der Waals surface area contributed by atoms with E-state index in [1.165, 1.54) is 5.06 Å². The van der Waals surface area contributed by atoms with Crippen molar-refractivity contribution in [3.8, 4) is 0 Å². The number of piperidine rings is 1. The first-order valence-electron chi connectivity index (χ1n) is 6.67. The molecule has 5 heteroatoms. The highest BCUT2D eigenvalue weighted by atomic mass is 16.6. The summed E-state index contributed by atoms with van der Waals surface area (Å²) < 4.78 is 0. The van der Waals surface area contributed by atoms with Crippen molar-refractivity contribution in [1.29, 1.82) is 0 Å². The van der Waals surface area contributed by atoms with E-state index in [9.17, 15) is 5.21 Å². The molecule has 0 amide bonds. The summed E-state index contributed by atoms with van der Waals surface area (Å²) in [7, 11) is 0. The van der Waals surface area contributed by atoms with Crippen molar-refractivity contribution in [1.82, 2.24) is 10.0 Å². The second-order valence-corrected chi connectivity index (χ2v) is 5.03. The van der Waals surface area contributed by atoms with Crippen molar-refractivity contribution in [3.63, 3.8) is 0 Å². The molecule has 0 aromatic carbocycles. The smallest absolute Gasteiger partial charge is 0.139 e. The molecule has 1 aromatic heterocycles. The summed E-state index contributed by atoms with van der Waals surface area (Å²) in [6, 6.07) is 3.64. The Morgan fingerprint density at radius 1 is 1.58 bits per heavy atom. The van der Waals surface area contributed by atoms with Gasteiger partial charge in [-0.05, 0) is 36.8 Å². The van der Waals surface area contributed by atoms with E-state index in [1.54, 1.807) is 12.4 Å². The number of hydrogen-bond donors (Lipinski definition) is 1. The molecule has 0 saturated carbocycles. The number of hydrogen-bond acceptors (Lipinski definition) is 5. The molecule has 0 aliphatic carbocycles. The van der Waals surface area contributed by atoms with Crippen LogP contribution in [0.4, 0.5) is 0 Å². The van der Waals surface area contributed by atoms with Crippen LogP contribution in [0.2, 0.25) is 0 Å². The van der Waals surface area contributed by atoms with Gasteiger partial charge in [0.25, 0.3) is 0 Å². The highest BCUT2D eigenvalue weighted by molar-refractivity contribution is 5.78. The van der Waals surface area contributed by atoms with Gasteiger partial charge in [-0.15, -0.1) is 0 Å². The van der Waals surface area contributed by atoms with E-state index in [-0.39, 0.29) is 0 Å². The molecule has 2 rings (SSSR count). The second-order valence-electron chi connectivity index (χ2n) is 5.03. The molecule has 103 valence electrons. The molecule has 0 bridgehead atoms. The molecule has 5 nitrogen and oxygen atoms in total. The van der Waals surface area contributed by atoms with Gasteiger partial charge in [-0.25, -0.2) is 0 Å².